The molecule has 9 aromatic rings. The molecule has 0 spiro atoms. The van der Waals surface area contributed by atoms with Crippen LogP contribution in [0.3, 0.4) is 0 Å². The molecule has 0 aliphatic heterocycles. The van der Waals surface area contributed by atoms with Crippen LogP contribution < -0.4 is 0 Å². The van der Waals surface area contributed by atoms with Crippen molar-refractivity contribution in [3.63, 3.8) is 0 Å². The first-order chi connectivity index (χ1) is 25.8. The van der Waals surface area contributed by atoms with E-state index in [1.807, 2.05) is 0 Å². The van der Waals surface area contributed by atoms with Gasteiger partial charge in [0.2, 0.25) is 0 Å². The summed E-state index contributed by atoms with van der Waals surface area (Å²) < 4.78 is 4.94. The van der Waals surface area contributed by atoms with Gasteiger partial charge in [-0.1, -0.05) is 140 Å². The molecule has 2 heteroatoms. The molecule has 2 atom stereocenters. The van der Waals surface area contributed by atoms with Gasteiger partial charge in [0.25, 0.3) is 0 Å². The fraction of sp³-hybridized carbons (Fsp3) is 0.0400. The van der Waals surface area contributed by atoms with Gasteiger partial charge >= 0.3 is 0 Å². The van der Waals surface area contributed by atoms with Crippen molar-refractivity contribution in [2.75, 3.05) is 0 Å². The summed E-state index contributed by atoms with van der Waals surface area (Å²) in [5, 5.41) is 7.53. The maximum absolute atomic E-state index is 2.48. The van der Waals surface area contributed by atoms with Gasteiger partial charge in [-0.05, 0) is 87.6 Å². The number of para-hydroxylation sites is 3. The molecule has 0 fully saturated rings. The zero-order chi connectivity index (χ0) is 34.2. The summed E-state index contributed by atoms with van der Waals surface area (Å²) >= 11 is 0. The summed E-state index contributed by atoms with van der Waals surface area (Å²) in [4.78, 5) is 0. The Morgan fingerprint density at radius 1 is 0.404 bits per heavy atom. The van der Waals surface area contributed by atoms with Gasteiger partial charge in [0.1, 0.15) is 0 Å². The zero-order valence-corrected chi connectivity index (χ0v) is 28.5. The Bertz CT molecular complexity index is 2980. The molecule has 2 aliphatic rings. The summed E-state index contributed by atoms with van der Waals surface area (Å²) in [5.74, 6) is 0.772. The van der Waals surface area contributed by atoms with Gasteiger partial charge in [0.15, 0.2) is 0 Å². The average Bonchev–Trinajstić information content (AvgIpc) is 3.73. The molecule has 0 amide bonds. The topological polar surface area (TPSA) is 9.86 Å². The van der Waals surface area contributed by atoms with Crippen LogP contribution in [0.15, 0.2) is 194 Å². The Morgan fingerprint density at radius 3 is 1.83 bits per heavy atom. The van der Waals surface area contributed by atoms with Crippen LogP contribution >= 0.6 is 0 Å². The van der Waals surface area contributed by atoms with Crippen molar-refractivity contribution in [3.8, 4) is 22.5 Å². The van der Waals surface area contributed by atoms with Gasteiger partial charge in [0, 0.05) is 39.1 Å². The second-order valence-corrected chi connectivity index (χ2v) is 14.1. The average molecular weight is 663 g/mol. The summed E-state index contributed by atoms with van der Waals surface area (Å²) in [6, 6.07) is 55.9. The third kappa shape index (κ3) is 4.44. The summed E-state index contributed by atoms with van der Waals surface area (Å²) in [6.45, 7) is 0. The van der Waals surface area contributed by atoms with Crippen LogP contribution in [0, 0.1) is 11.8 Å². The number of fused-ring (bicyclic) bond motifs is 8. The third-order valence-electron chi connectivity index (χ3n) is 11.2. The molecule has 0 saturated carbocycles. The molecule has 244 valence electrons. The van der Waals surface area contributed by atoms with Crippen LogP contribution in [0.1, 0.15) is 5.56 Å². The molecule has 2 unspecified atom stereocenters. The molecule has 2 heterocycles. The summed E-state index contributed by atoms with van der Waals surface area (Å²) in [6.07, 6.45) is 16.1. The molecule has 0 saturated heterocycles. The van der Waals surface area contributed by atoms with Gasteiger partial charge in [-0.15, -0.1) is 0 Å². The molecule has 2 aliphatic carbocycles. The Kier molecular flexibility index (Phi) is 6.41. The number of benzene rings is 7. The molecule has 0 radical (unpaired) electrons. The van der Waals surface area contributed by atoms with Crippen LogP contribution in [-0.2, 0) is 0 Å². The van der Waals surface area contributed by atoms with Crippen LogP contribution in [0.5, 0.6) is 0 Å². The van der Waals surface area contributed by atoms with Crippen molar-refractivity contribution in [3.05, 3.63) is 200 Å². The van der Waals surface area contributed by atoms with Crippen molar-refractivity contribution >= 4 is 60.0 Å². The van der Waals surface area contributed by atoms with E-state index in [1.165, 1.54) is 82.3 Å². The normalized spacial score (nSPS) is 16.7. The van der Waals surface area contributed by atoms with Gasteiger partial charge < -0.3 is 9.13 Å². The van der Waals surface area contributed by atoms with Crippen molar-refractivity contribution in [2.24, 2.45) is 11.8 Å². The number of allylic oxidation sites excluding steroid dienone is 8. The number of hydrogen-bond donors (Lipinski definition) is 0. The van der Waals surface area contributed by atoms with E-state index in [1.54, 1.807) is 0 Å². The highest BCUT2D eigenvalue weighted by molar-refractivity contribution is 6.16. The Morgan fingerprint density at radius 2 is 1.04 bits per heavy atom. The van der Waals surface area contributed by atoms with E-state index in [-0.39, 0.29) is 0 Å². The summed E-state index contributed by atoms with van der Waals surface area (Å²) in [5.41, 5.74) is 12.1. The lowest BCUT2D eigenvalue weighted by Crippen LogP contribution is -2.11. The van der Waals surface area contributed by atoms with Crippen LogP contribution in [0.4, 0.5) is 0 Å². The van der Waals surface area contributed by atoms with Crippen molar-refractivity contribution in [1.29, 1.82) is 0 Å². The molecule has 0 N–H and O–H groups in total. The van der Waals surface area contributed by atoms with Crippen LogP contribution in [0.25, 0.3) is 82.5 Å². The standard InChI is InChI=1S/C50H34N2/c1-3-14-35-28-37(26-24-33(35)12-1)39-30-40(38-27-25-34-13-2-4-15-36(34)29-38)32-41(31-39)51-47-21-10-7-18-44(47)50-48(51)22-11-23-49(50)52-45-19-8-5-16-42(45)43-17-6-9-20-46(43)52/h1-33,35H. The minimum Gasteiger partial charge on any atom is -0.309 e. The number of aromatic nitrogens is 2. The molecule has 0 bridgehead atoms. The quantitative estimate of drug-likeness (QED) is 0.177. The lowest BCUT2D eigenvalue weighted by Gasteiger charge is -2.24. The molecule has 52 heavy (non-hydrogen) atoms. The fourth-order valence-corrected chi connectivity index (χ4v) is 8.76. The number of rotatable bonds is 4. The first-order valence-corrected chi connectivity index (χ1v) is 18.2. The van der Waals surface area contributed by atoms with E-state index in [0.29, 0.717) is 11.8 Å². The van der Waals surface area contributed by atoms with E-state index in [4.69, 9.17) is 0 Å². The van der Waals surface area contributed by atoms with Gasteiger partial charge in [-0.3, -0.25) is 0 Å². The predicted molar refractivity (Wildman–Crippen MR) is 220 cm³/mol. The largest absolute Gasteiger partial charge is 0.309 e. The fourth-order valence-electron chi connectivity index (χ4n) is 8.76. The maximum atomic E-state index is 2.48. The van der Waals surface area contributed by atoms with E-state index in [2.05, 4.69) is 203 Å². The Hall–Kier alpha value is -6.64. The van der Waals surface area contributed by atoms with Crippen LogP contribution in [0.2, 0.25) is 0 Å². The predicted octanol–water partition coefficient (Wildman–Crippen LogP) is 13.0. The van der Waals surface area contributed by atoms with E-state index in [0.717, 1.165) is 5.69 Å². The van der Waals surface area contributed by atoms with Crippen molar-refractivity contribution < 1.29 is 0 Å². The monoisotopic (exact) mass is 662 g/mol. The van der Waals surface area contributed by atoms with Gasteiger partial charge in [0.05, 0.1) is 27.8 Å². The molecular formula is C50H34N2. The SMILES string of the molecule is C1=CC2C=CC(c3cc(-c4ccc5ccccc5c4)cc(-n4c5ccccc5c5c(-n6c7ccccc7c7ccccc76)cccc54)c3)=CC2C=C1. The van der Waals surface area contributed by atoms with E-state index in [9.17, 15) is 0 Å². The van der Waals surface area contributed by atoms with Crippen molar-refractivity contribution in [1.82, 2.24) is 9.13 Å². The molecule has 2 nitrogen and oxygen atoms in total. The number of nitrogens with zero attached hydrogens (tertiary/aromatic N) is 2. The molecule has 2 aromatic heterocycles. The lowest BCUT2D eigenvalue weighted by molar-refractivity contribution is 0.663. The smallest absolute Gasteiger partial charge is 0.0562 e. The highest BCUT2D eigenvalue weighted by atomic mass is 15.0. The van der Waals surface area contributed by atoms with Gasteiger partial charge in [-0.25, -0.2) is 0 Å². The highest BCUT2D eigenvalue weighted by Crippen LogP contribution is 2.42. The molecule has 7 aromatic carbocycles. The van der Waals surface area contributed by atoms with E-state index < -0.39 is 0 Å². The third-order valence-corrected chi connectivity index (χ3v) is 11.2. The molecule has 11 rings (SSSR count). The number of hydrogen-bond acceptors (Lipinski definition) is 0. The molecular weight excluding hydrogens is 629 g/mol. The Balaban J connectivity index is 1.19. The Labute approximate surface area is 302 Å². The minimum atomic E-state index is 0.361. The van der Waals surface area contributed by atoms with E-state index >= 15 is 0 Å². The first kappa shape index (κ1) is 29.1. The van der Waals surface area contributed by atoms with Gasteiger partial charge in [-0.2, -0.15) is 0 Å². The first-order valence-electron chi connectivity index (χ1n) is 18.2. The van der Waals surface area contributed by atoms with Crippen molar-refractivity contribution in [2.45, 2.75) is 0 Å². The second kappa shape index (κ2) is 11.4. The minimum absolute atomic E-state index is 0.361. The second-order valence-electron chi connectivity index (χ2n) is 14.1. The zero-order valence-electron chi connectivity index (χ0n) is 28.5. The maximum Gasteiger partial charge on any atom is 0.0562 e. The highest BCUT2D eigenvalue weighted by Gasteiger charge is 2.22. The summed E-state index contributed by atoms with van der Waals surface area (Å²) in [7, 11) is 0. The van der Waals surface area contributed by atoms with Crippen LogP contribution in [-0.4, -0.2) is 9.13 Å². The lowest BCUT2D eigenvalue weighted by atomic mass is 9.81.